The number of hydrogen-bond acceptors (Lipinski definition) is 4. The van der Waals surface area contributed by atoms with Crippen LogP contribution in [0.1, 0.15) is 40.0 Å². The van der Waals surface area contributed by atoms with Crippen molar-refractivity contribution in [2.75, 3.05) is 5.75 Å². The van der Waals surface area contributed by atoms with Crippen LogP contribution >= 0.6 is 24.0 Å². The molecule has 0 amide bonds. The molecular weight excluding hydrogens is 238 g/mol. The number of thiocarbonyl (C=S) groups is 1. The Morgan fingerprint density at radius 2 is 2.44 bits per heavy atom. The molecule has 1 fully saturated rings. The number of oxime groups is 1. The summed E-state index contributed by atoms with van der Waals surface area (Å²) in [5.41, 5.74) is 0.979. The maximum Gasteiger partial charge on any atom is 0.186 e. The molecule has 2 aliphatic rings. The highest BCUT2D eigenvalue weighted by Crippen LogP contribution is 2.48. The van der Waals surface area contributed by atoms with Crippen LogP contribution in [0, 0.1) is 11.8 Å². The van der Waals surface area contributed by atoms with Gasteiger partial charge in [0.05, 0.1) is 9.91 Å². The van der Waals surface area contributed by atoms with Crippen LogP contribution in [-0.2, 0) is 4.84 Å². The summed E-state index contributed by atoms with van der Waals surface area (Å²) >= 11 is 7.29. The molecule has 90 valence electrons. The Bertz CT molecular complexity index is 327. The van der Waals surface area contributed by atoms with Gasteiger partial charge in [-0.3, -0.25) is 0 Å². The van der Waals surface area contributed by atoms with Crippen LogP contribution in [0.15, 0.2) is 5.16 Å². The van der Waals surface area contributed by atoms with Crippen LogP contribution < -0.4 is 0 Å². The van der Waals surface area contributed by atoms with Crippen LogP contribution in [-0.4, -0.2) is 21.3 Å². The summed E-state index contributed by atoms with van der Waals surface area (Å²) in [6.45, 7) is 6.51. The lowest BCUT2D eigenvalue weighted by molar-refractivity contribution is 0.0294. The minimum absolute atomic E-state index is 0.240. The van der Waals surface area contributed by atoms with Crippen LogP contribution in [0.3, 0.4) is 0 Å². The molecule has 2 atom stereocenters. The largest absolute Gasteiger partial charge is 0.382 e. The van der Waals surface area contributed by atoms with Crippen molar-refractivity contribution in [2.24, 2.45) is 17.0 Å². The minimum Gasteiger partial charge on any atom is -0.382 e. The zero-order valence-electron chi connectivity index (χ0n) is 10.2. The number of nitrogens with zero attached hydrogens (tertiary/aromatic N) is 1. The first-order chi connectivity index (χ1) is 7.62. The summed E-state index contributed by atoms with van der Waals surface area (Å²) in [5, 5.41) is 4.31. The summed E-state index contributed by atoms with van der Waals surface area (Å²) in [6, 6.07) is 0. The lowest BCUT2D eigenvalue weighted by atomic mass is 9.84. The zero-order valence-corrected chi connectivity index (χ0v) is 11.8. The molecule has 0 saturated heterocycles. The Morgan fingerprint density at radius 3 is 3.06 bits per heavy atom. The van der Waals surface area contributed by atoms with E-state index in [1.807, 2.05) is 0 Å². The average molecular weight is 257 g/mol. The average Bonchev–Trinajstić information content (AvgIpc) is 2.74. The molecule has 2 rings (SSSR count). The molecule has 1 saturated carbocycles. The summed E-state index contributed by atoms with van der Waals surface area (Å²) < 4.78 is 1.01. The summed E-state index contributed by atoms with van der Waals surface area (Å²) in [4.78, 5) is 5.78. The Balaban J connectivity index is 2.21. The van der Waals surface area contributed by atoms with E-state index in [0.717, 1.165) is 16.4 Å². The number of rotatable bonds is 3. The molecule has 1 heterocycles. The van der Waals surface area contributed by atoms with Crippen molar-refractivity contribution in [3.05, 3.63) is 0 Å². The highest BCUT2D eigenvalue weighted by molar-refractivity contribution is 8.23. The van der Waals surface area contributed by atoms with Gasteiger partial charge in [-0.05, 0) is 30.9 Å². The summed E-state index contributed by atoms with van der Waals surface area (Å²) in [6.07, 6.45) is 3.44. The van der Waals surface area contributed by atoms with Crippen molar-refractivity contribution in [1.82, 2.24) is 0 Å². The predicted octanol–water partition coefficient (Wildman–Crippen LogP) is 3.65. The third-order valence-electron chi connectivity index (χ3n) is 3.49. The Hall–Kier alpha value is -0.0900. The van der Waals surface area contributed by atoms with E-state index in [0.29, 0.717) is 11.8 Å². The van der Waals surface area contributed by atoms with Crippen molar-refractivity contribution in [3.8, 4) is 0 Å². The first-order valence-electron chi connectivity index (χ1n) is 6.05. The molecular formula is C12H19NOS2. The van der Waals surface area contributed by atoms with E-state index in [9.17, 15) is 0 Å². The normalized spacial score (nSPS) is 32.5. The monoisotopic (exact) mass is 257 g/mol. The van der Waals surface area contributed by atoms with Crippen molar-refractivity contribution >= 4 is 33.9 Å². The van der Waals surface area contributed by atoms with Crippen molar-refractivity contribution in [3.63, 3.8) is 0 Å². The van der Waals surface area contributed by atoms with Gasteiger partial charge in [0.15, 0.2) is 5.60 Å². The third kappa shape index (κ3) is 1.80. The third-order valence-corrected chi connectivity index (χ3v) is 5.08. The maximum absolute atomic E-state index is 5.78. The maximum atomic E-state index is 5.78. The van der Waals surface area contributed by atoms with E-state index in [1.165, 1.54) is 18.6 Å². The number of hydrogen-bond donors (Lipinski definition) is 0. The molecule has 0 radical (unpaired) electrons. The van der Waals surface area contributed by atoms with Crippen LogP contribution in [0.2, 0.25) is 0 Å². The summed E-state index contributed by atoms with van der Waals surface area (Å²) in [7, 11) is 0. The van der Waals surface area contributed by atoms with Gasteiger partial charge in [-0.25, -0.2) is 0 Å². The molecule has 0 spiro atoms. The standard InChI is InChI=1S/C12H19NOS2/c1-4-16-11(15)12-7-5-6-9(12)10(8(2)3)13-14-12/h8-9H,4-7H2,1-3H3. The van der Waals surface area contributed by atoms with Crippen molar-refractivity contribution in [2.45, 2.75) is 45.6 Å². The van der Waals surface area contributed by atoms with Gasteiger partial charge in [-0.15, -0.1) is 11.8 Å². The Labute approximate surface area is 107 Å². The van der Waals surface area contributed by atoms with Gasteiger partial charge in [0.1, 0.15) is 0 Å². The highest BCUT2D eigenvalue weighted by atomic mass is 32.2. The minimum atomic E-state index is -0.240. The molecule has 2 nitrogen and oxygen atoms in total. The SMILES string of the molecule is CCSC(=S)C12CCCC1C(C(C)C)=NO2. The fourth-order valence-electron chi connectivity index (χ4n) is 2.71. The van der Waals surface area contributed by atoms with Crippen molar-refractivity contribution < 1.29 is 4.84 Å². The second-order valence-electron chi connectivity index (χ2n) is 4.82. The van der Waals surface area contributed by atoms with Crippen LogP contribution in [0.4, 0.5) is 0 Å². The molecule has 0 bridgehead atoms. The molecule has 0 aromatic rings. The predicted molar refractivity (Wildman–Crippen MR) is 74.2 cm³/mol. The van der Waals surface area contributed by atoms with Gasteiger partial charge in [-0.2, -0.15) is 0 Å². The topological polar surface area (TPSA) is 21.6 Å². The quantitative estimate of drug-likeness (QED) is 0.720. The molecule has 0 aromatic carbocycles. The first-order valence-corrected chi connectivity index (χ1v) is 7.44. The summed E-state index contributed by atoms with van der Waals surface area (Å²) in [5.74, 6) is 1.94. The van der Waals surface area contributed by atoms with E-state index in [1.54, 1.807) is 11.8 Å². The number of fused-ring (bicyclic) bond motifs is 1. The van der Waals surface area contributed by atoms with Gasteiger partial charge in [0.25, 0.3) is 0 Å². The Morgan fingerprint density at radius 1 is 1.69 bits per heavy atom. The van der Waals surface area contributed by atoms with Gasteiger partial charge in [-0.1, -0.05) is 38.1 Å². The fourth-order valence-corrected chi connectivity index (χ4v) is 4.14. The molecule has 4 heteroatoms. The highest BCUT2D eigenvalue weighted by Gasteiger charge is 2.55. The smallest absolute Gasteiger partial charge is 0.186 e. The second kappa shape index (κ2) is 4.65. The van der Waals surface area contributed by atoms with E-state index in [2.05, 4.69) is 25.9 Å². The molecule has 1 aliphatic carbocycles. The molecule has 16 heavy (non-hydrogen) atoms. The lowest BCUT2D eigenvalue weighted by Gasteiger charge is -2.27. The van der Waals surface area contributed by atoms with Gasteiger partial charge in [0, 0.05) is 5.92 Å². The fraction of sp³-hybridized carbons (Fsp3) is 0.833. The van der Waals surface area contributed by atoms with Gasteiger partial charge < -0.3 is 4.84 Å². The van der Waals surface area contributed by atoms with Crippen molar-refractivity contribution in [1.29, 1.82) is 0 Å². The molecule has 0 aromatic heterocycles. The lowest BCUT2D eigenvalue weighted by Crippen LogP contribution is -2.41. The van der Waals surface area contributed by atoms with Crippen LogP contribution in [0.5, 0.6) is 0 Å². The van der Waals surface area contributed by atoms with Crippen LogP contribution in [0.25, 0.3) is 0 Å². The van der Waals surface area contributed by atoms with E-state index < -0.39 is 0 Å². The zero-order chi connectivity index (χ0) is 11.8. The van der Waals surface area contributed by atoms with Gasteiger partial charge >= 0.3 is 0 Å². The molecule has 2 unspecified atom stereocenters. The van der Waals surface area contributed by atoms with E-state index >= 15 is 0 Å². The van der Waals surface area contributed by atoms with E-state index in [-0.39, 0.29) is 5.60 Å². The molecule has 1 aliphatic heterocycles. The first kappa shape index (κ1) is 12.4. The van der Waals surface area contributed by atoms with E-state index in [4.69, 9.17) is 17.1 Å². The Kier molecular flexibility index (Phi) is 3.59. The second-order valence-corrected chi connectivity index (χ2v) is 6.76. The number of thioether (sulfide) groups is 1. The van der Waals surface area contributed by atoms with Gasteiger partial charge in [0.2, 0.25) is 0 Å². The molecule has 0 N–H and O–H groups in total.